The van der Waals surface area contributed by atoms with Crippen molar-refractivity contribution in [3.63, 3.8) is 0 Å². The van der Waals surface area contributed by atoms with Crippen molar-refractivity contribution in [1.82, 2.24) is 0 Å². The van der Waals surface area contributed by atoms with Gasteiger partial charge in [0.15, 0.2) is 5.78 Å². The van der Waals surface area contributed by atoms with E-state index in [0.717, 1.165) is 11.1 Å². The van der Waals surface area contributed by atoms with Crippen LogP contribution in [0.5, 0.6) is 0 Å². The molecular weight excluding hydrogens is 386 g/mol. The van der Waals surface area contributed by atoms with Crippen LogP contribution in [-0.4, -0.2) is 5.78 Å². The van der Waals surface area contributed by atoms with Crippen LogP contribution in [0, 0.1) is 11.3 Å². The van der Waals surface area contributed by atoms with Crippen molar-refractivity contribution >= 4 is 21.7 Å². The molecule has 0 heterocycles. The van der Waals surface area contributed by atoms with Crippen LogP contribution >= 0.6 is 15.9 Å². The smallest absolute Gasteiger partial charge is 0.163 e. The van der Waals surface area contributed by atoms with E-state index >= 15 is 0 Å². The van der Waals surface area contributed by atoms with Crippen molar-refractivity contribution < 1.29 is 4.79 Å². The summed E-state index contributed by atoms with van der Waals surface area (Å²) in [4.78, 5) is 12.9. The normalized spacial score (nSPS) is 14.0. The van der Waals surface area contributed by atoms with E-state index in [2.05, 4.69) is 22.0 Å². The third-order valence-corrected chi connectivity index (χ3v) is 5.71. The molecule has 3 aromatic carbocycles. The molecule has 0 fully saturated rings. The van der Waals surface area contributed by atoms with Crippen LogP contribution in [0.15, 0.2) is 91.0 Å². The zero-order chi connectivity index (χ0) is 18.4. The van der Waals surface area contributed by atoms with Crippen LogP contribution in [0.25, 0.3) is 0 Å². The highest BCUT2D eigenvalue weighted by atomic mass is 79.9. The van der Waals surface area contributed by atoms with E-state index in [9.17, 15) is 10.1 Å². The summed E-state index contributed by atoms with van der Waals surface area (Å²) in [5.41, 5.74) is 2.46. The number of Topliss-reactive ketones (excluding diaryl/α,β-unsaturated/α-hetero) is 1. The zero-order valence-corrected chi connectivity index (χ0v) is 15.8. The summed E-state index contributed by atoms with van der Waals surface area (Å²) < 4.78 is -0.986. The molecule has 0 N–H and O–H groups in total. The van der Waals surface area contributed by atoms with Gasteiger partial charge in [0.1, 0.15) is 4.32 Å². The van der Waals surface area contributed by atoms with Gasteiger partial charge in [0.2, 0.25) is 0 Å². The first-order chi connectivity index (χ1) is 12.6. The van der Waals surface area contributed by atoms with Crippen molar-refractivity contribution in [2.45, 2.75) is 16.7 Å². The minimum absolute atomic E-state index is 0.0226. The largest absolute Gasteiger partial charge is 0.294 e. The number of carbonyl (C=O) groups is 1. The van der Waals surface area contributed by atoms with Crippen LogP contribution in [0.4, 0.5) is 0 Å². The second-order valence-corrected chi connectivity index (χ2v) is 7.40. The van der Waals surface area contributed by atoms with Gasteiger partial charge in [0, 0.05) is 17.9 Å². The zero-order valence-electron chi connectivity index (χ0n) is 14.2. The maximum absolute atomic E-state index is 12.9. The Balaban J connectivity index is 2.04. The summed E-state index contributed by atoms with van der Waals surface area (Å²) in [7, 11) is 0. The molecule has 0 bridgehead atoms. The highest BCUT2D eigenvalue weighted by molar-refractivity contribution is 9.09. The molecule has 3 aromatic rings. The number of halogens is 1. The average molecular weight is 404 g/mol. The fourth-order valence-corrected chi connectivity index (χ4v) is 3.82. The number of carbonyl (C=O) groups excluding carboxylic acids is 1. The van der Waals surface area contributed by atoms with E-state index in [-0.39, 0.29) is 18.1 Å². The molecule has 2 atom stereocenters. The summed E-state index contributed by atoms with van der Waals surface area (Å²) in [6.45, 7) is 0. The summed E-state index contributed by atoms with van der Waals surface area (Å²) in [5, 5.41) is 10.0. The molecular formula is C23H18BrNO. The Hall–Kier alpha value is -2.70. The van der Waals surface area contributed by atoms with Gasteiger partial charge in [-0.05, 0) is 11.1 Å². The first-order valence-electron chi connectivity index (χ1n) is 8.44. The van der Waals surface area contributed by atoms with E-state index in [1.165, 1.54) is 0 Å². The van der Waals surface area contributed by atoms with Gasteiger partial charge < -0.3 is 0 Å². The van der Waals surface area contributed by atoms with Gasteiger partial charge >= 0.3 is 0 Å². The summed E-state index contributed by atoms with van der Waals surface area (Å²) >= 11 is 3.68. The number of benzene rings is 3. The van der Waals surface area contributed by atoms with Crippen LogP contribution in [0.3, 0.4) is 0 Å². The van der Waals surface area contributed by atoms with Gasteiger partial charge in [-0.2, -0.15) is 5.26 Å². The Kier molecular flexibility index (Phi) is 5.65. The van der Waals surface area contributed by atoms with Gasteiger partial charge in [0.25, 0.3) is 0 Å². The molecule has 0 radical (unpaired) electrons. The Morgan fingerprint density at radius 1 is 0.885 bits per heavy atom. The highest BCUT2D eigenvalue weighted by Crippen LogP contribution is 2.46. The first-order valence-corrected chi connectivity index (χ1v) is 9.23. The third-order valence-electron chi connectivity index (χ3n) is 4.52. The minimum atomic E-state index is -0.986. The van der Waals surface area contributed by atoms with E-state index in [4.69, 9.17) is 0 Å². The second-order valence-electron chi connectivity index (χ2n) is 6.15. The van der Waals surface area contributed by atoms with Gasteiger partial charge in [-0.25, -0.2) is 0 Å². The molecule has 2 unspecified atom stereocenters. The number of nitriles is 1. The van der Waals surface area contributed by atoms with Crippen LogP contribution in [0.2, 0.25) is 0 Å². The molecule has 0 saturated carbocycles. The minimum Gasteiger partial charge on any atom is -0.294 e. The fraction of sp³-hybridized carbons (Fsp3) is 0.130. The molecule has 0 aliphatic carbocycles. The van der Waals surface area contributed by atoms with Gasteiger partial charge in [0.05, 0.1) is 6.07 Å². The molecule has 2 nitrogen and oxygen atoms in total. The lowest BCUT2D eigenvalue weighted by atomic mass is 9.78. The second kappa shape index (κ2) is 8.12. The van der Waals surface area contributed by atoms with Crippen LogP contribution in [-0.2, 0) is 4.32 Å². The summed E-state index contributed by atoms with van der Waals surface area (Å²) in [5.74, 6) is -0.293. The van der Waals surface area contributed by atoms with Crippen molar-refractivity contribution in [3.05, 3.63) is 108 Å². The number of hydrogen-bond donors (Lipinski definition) is 0. The van der Waals surface area contributed by atoms with E-state index in [1.807, 2.05) is 91.0 Å². The Morgan fingerprint density at radius 2 is 1.38 bits per heavy atom. The number of alkyl halides is 1. The van der Waals surface area contributed by atoms with Crippen molar-refractivity contribution in [1.29, 1.82) is 5.26 Å². The molecule has 3 rings (SSSR count). The number of hydrogen-bond acceptors (Lipinski definition) is 2. The average Bonchev–Trinajstić information content (AvgIpc) is 2.73. The Bertz CT molecular complexity index is 903. The number of ketones is 1. The Labute approximate surface area is 162 Å². The SMILES string of the molecule is N#CC(Br)(c1ccccc1)C(CC(=O)c1ccccc1)c1ccccc1. The number of rotatable bonds is 6. The quantitative estimate of drug-likeness (QED) is 0.382. The standard InChI is InChI=1S/C23H18BrNO/c24-23(17-25,20-14-8-3-9-15-20)21(18-10-4-1-5-11-18)16-22(26)19-12-6-2-7-13-19/h1-15,21H,16H2. The molecule has 0 saturated heterocycles. The first kappa shape index (κ1) is 18.1. The van der Waals surface area contributed by atoms with Crippen molar-refractivity contribution in [2.75, 3.05) is 0 Å². The van der Waals surface area contributed by atoms with Crippen molar-refractivity contribution in [2.24, 2.45) is 0 Å². The van der Waals surface area contributed by atoms with Gasteiger partial charge in [-0.1, -0.05) is 107 Å². The highest BCUT2D eigenvalue weighted by Gasteiger charge is 2.40. The molecule has 0 spiro atoms. The monoisotopic (exact) mass is 403 g/mol. The van der Waals surface area contributed by atoms with Gasteiger partial charge in [-0.3, -0.25) is 4.79 Å². The van der Waals surface area contributed by atoms with Gasteiger partial charge in [-0.15, -0.1) is 0 Å². The lowest BCUT2D eigenvalue weighted by Gasteiger charge is -2.30. The van der Waals surface area contributed by atoms with Crippen LogP contribution < -0.4 is 0 Å². The summed E-state index contributed by atoms with van der Waals surface area (Å²) in [6.07, 6.45) is 0.238. The van der Waals surface area contributed by atoms with Crippen molar-refractivity contribution in [3.8, 4) is 6.07 Å². The lowest BCUT2D eigenvalue weighted by Crippen LogP contribution is -2.28. The van der Waals surface area contributed by atoms with E-state index in [0.29, 0.717) is 5.56 Å². The molecule has 0 aliphatic rings. The maximum atomic E-state index is 12.9. The molecule has 26 heavy (non-hydrogen) atoms. The van der Waals surface area contributed by atoms with E-state index in [1.54, 1.807) is 0 Å². The fourth-order valence-electron chi connectivity index (χ4n) is 3.13. The predicted octanol–water partition coefficient (Wildman–Crippen LogP) is 5.86. The van der Waals surface area contributed by atoms with Crippen LogP contribution in [0.1, 0.15) is 33.8 Å². The molecule has 0 amide bonds. The van der Waals surface area contributed by atoms with E-state index < -0.39 is 4.32 Å². The molecule has 0 aromatic heterocycles. The Morgan fingerprint density at radius 3 is 1.92 bits per heavy atom. The molecule has 128 valence electrons. The maximum Gasteiger partial charge on any atom is 0.163 e. The lowest BCUT2D eigenvalue weighted by molar-refractivity contribution is 0.0970. The molecule has 0 aliphatic heterocycles. The number of nitrogens with zero attached hydrogens (tertiary/aromatic N) is 1. The predicted molar refractivity (Wildman–Crippen MR) is 107 cm³/mol. The third kappa shape index (κ3) is 3.76. The summed E-state index contributed by atoms with van der Waals surface area (Å²) in [6, 6.07) is 31.0. The topological polar surface area (TPSA) is 40.9 Å². The molecule has 3 heteroatoms.